The van der Waals surface area contributed by atoms with Crippen LogP contribution >= 0.6 is 0 Å². The smallest absolute Gasteiger partial charge is 0.339 e. The highest BCUT2D eigenvalue weighted by Crippen LogP contribution is 1.74. The summed E-state index contributed by atoms with van der Waals surface area (Å²) < 4.78 is 0. The van der Waals surface area contributed by atoms with Crippen LogP contribution in [0, 0.1) is 0 Å². The molecule has 0 unspecified atom stereocenters. The van der Waals surface area contributed by atoms with Gasteiger partial charge in [0.2, 0.25) is 0 Å². The second-order valence-corrected chi connectivity index (χ2v) is 0.822. The van der Waals surface area contributed by atoms with E-state index in [1.165, 1.54) is 6.92 Å². The van der Waals surface area contributed by atoms with Gasteiger partial charge in [-0.25, -0.2) is 4.79 Å². The van der Waals surface area contributed by atoms with Crippen LogP contribution in [0.5, 0.6) is 0 Å². The Labute approximate surface area is 40.6 Å². The summed E-state index contributed by atoms with van der Waals surface area (Å²) >= 11 is 0. The first-order valence-electron chi connectivity index (χ1n) is 1.68. The quantitative estimate of drug-likeness (QED) is 0.291. The van der Waals surface area contributed by atoms with Crippen molar-refractivity contribution in [2.75, 3.05) is 6.79 Å². The van der Waals surface area contributed by atoms with Crippen molar-refractivity contribution in [3.63, 3.8) is 0 Å². The molecule has 0 bridgehead atoms. The maximum atomic E-state index is 9.74. The van der Waals surface area contributed by atoms with Crippen molar-refractivity contribution in [2.45, 2.75) is 6.92 Å². The van der Waals surface area contributed by atoms with Crippen molar-refractivity contribution in [1.29, 1.82) is 0 Å². The fraction of sp³-hybridized carbons (Fsp3) is 0.667. The summed E-state index contributed by atoms with van der Waals surface area (Å²) in [4.78, 5) is 17.3. The molecule has 4 heteroatoms. The van der Waals surface area contributed by atoms with E-state index in [9.17, 15) is 4.79 Å². The minimum absolute atomic E-state index is 0.575. The summed E-state index contributed by atoms with van der Waals surface area (Å²) in [5.74, 6) is -0.575. The van der Waals surface area contributed by atoms with Crippen molar-refractivity contribution in [3.8, 4) is 0 Å². The molecule has 0 aromatic rings. The average Bonchev–Trinajstić information content (AvgIpc) is 1.61. The number of hydrogen-bond acceptors (Lipinski definition) is 4. The molecule has 0 aliphatic rings. The van der Waals surface area contributed by atoms with Crippen LogP contribution < -0.4 is 0 Å². The molecule has 0 atom stereocenters. The van der Waals surface area contributed by atoms with E-state index < -0.39 is 12.8 Å². The van der Waals surface area contributed by atoms with Crippen LogP contribution in [-0.4, -0.2) is 17.9 Å². The van der Waals surface area contributed by atoms with Gasteiger partial charge in [-0.15, -0.1) is 0 Å². The summed E-state index contributed by atoms with van der Waals surface area (Å²) in [6, 6.07) is 0. The molecule has 4 nitrogen and oxygen atoms in total. The van der Waals surface area contributed by atoms with Crippen LogP contribution in [0.15, 0.2) is 0 Å². The lowest BCUT2D eigenvalue weighted by Crippen LogP contribution is -2.00. The Kier molecular flexibility index (Phi) is 3.26. The van der Waals surface area contributed by atoms with Crippen molar-refractivity contribution < 1.29 is 19.7 Å². The molecule has 0 rings (SSSR count). The monoisotopic (exact) mass is 106 g/mol. The van der Waals surface area contributed by atoms with Crippen LogP contribution in [0.25, 0.3) is 0 Å². The van der Waals surface area contributed by atoms with Crippen molar-refractivity contribution in [3.05, 3.63) is 0 Å². The molecule has 0 spiro atoms. The molecule has 0 heterocycles. The van der Waals surface area contributed by atoms with E-state index in [2.05, 4.69) is 9.78 Å². The molecule has 0 aliphatic carbocycles. The molecule has 7 heavy (non-hydrogen) atoms. The Hall–Kier alpha value is -0.610. The van der Waals surface area contributed by atoms with Gasteiger partial charge in [-0.3, -0.25) is 4.89 Å². The van der Waals surface area contributed by atoms with Gasteiger partial charge in [0, 0.05) is 6.92 Å². The number of aliphatic hydroxyl groups is 1. The molecule has 1 N–H and O–H groups in total. The summed E-state index contributed by atoms with van der Waals surface area (Å²) in [6.45, 7) is 0.579. The third-order valence-electron chi connectivity index (χ3n) is 0.229. The highest BCUT2D eigenvalue weighted by atomic mass is 17.2. The minimum Gasteiger partial charge on any atom is -0.367 e. The number of carbonyl (C=O) groups is 1. The van der Waals surface area contributed by atoms with E-state index in [0.29, 0.717) is 0 Å². The molecule has 0 aromatic heterocycles. The second kappa shape index (κ2) is 3.58. The summed E-state index contributed by atoms with van der Waals surface area (Å²) in [5.41, 5.74) is 0. The van der Waals surface area contributed by atoms with Gasteiger partial charge in [-0.05, 0) is 0 Å². The third kappa shape index (κ3) is 5.39. The fourth-order valence-corrected chi connectivity index (χ4v) is 0.109. The van der Waals surface area contributed by atoms with E-state index in [1.54, 1.807) is 0 Å². The predicted molar refractivity (Wildman–Crippen MR) is 19.9 cm³/mol. The van der Waals surface area contributed by atoms with Crippen molar-refractivity contribution in [2.24, 2.45) is 0 Å². The zero-order chi connectivity index (χ0) is 5.70. The lowest BCUT2D eigenvalue weighted by molar-refractivity contribution is -0.300. The van der Waals surface area contributed by atoms with Crippen LogP contribution in [-0.2, 0) is 14.6 Å². The van der Waals surface area contributed by atoms with E-state index in [-0.39, 0.29) is 0 Å². The Balaban J connectivity index is 2.82. The van der Waals surface area contributed by atoms with Gasteiger partial charge >= 0.3 is 5.97 Å². The maximum absolute atomic E-state index is 9.74. The zero-order valence-electron chi connectivity index (χ0n) is 3.88. The van der Waals surface area contributed by atoms with Gasteiger partial charge in [-0.2, -0.15) is 4.89 Å². The number of aliphatic hydroxyl groups excluding tert-OH is 1. The van der Waals surface area contributed by atoms with Crippen LogP contribution in [0.4, 0.5) is 0 Å². The first kappa shape index (κ1) is 6.39. The Bertz CT molecular complexity index is 60.0. The normalized spacial score (nSPS) is 8.29. The van der Waals surface area contributed by atoms with Crippen molar-refractivity contribution >= 4 is 5.97 Å². The topological polar surface area (TPSA) is 55.8 Å². The van der Waals surface area contributed by atoms with Gasteiger partial charge in [0.25, 0.3) is 0 Å². The first-order valence-corrected chi connectivity index (χ1v) is 1.68. The second-order valence-electron chi connectivity index (χ2n) is 0.822. The molecule has 0 saturated heterocycles. The molecule has 0 saturated carbocycles. The number of hydrogen-bond donors (Lipinski definition) is 1. The molecule has 0 aliphatic heterocycles. The largest absolute Gasteiger partial charge is 0.367 e. The van der Waals surface area contributed by atoms with Gasteiger partial charge in [0.05, 0.1) is 0 Å². The molecular weight excluding hydrogens is 100 g/mol. The summed E-state index contributed by atoms with van der Waals surface area (Å²) in [7, 11) is 0. The first-order chi connectivity index (χ1) is 3.27. The molecule has 0 radical (unpaired) electrons. The van der Waals surface area contributed by atoms with Gasteiger partial charge in [-0.1, -0.05) is 0 Å². The van der Waals surface area contributed by atoms with Crippen molar-refractivity contribution in [1.82, 2.24) is 0 Å². The summed E-state index contributed by atoms with van der Waals surface area (Å²) in [5, 5.41) is 7.82. The predicted octanol–water partition coefficient (Wildman–Crippen LogP) is -0.569. The molecule has 0 amide bonds. The van der Waals surface area contributed by atoms with E-state index in [4.69, 9.17) is 5.11 Å². The average molecular weight is 106 g/mol. The highest BCUT2D eigenvalue weighted by Gasteiger charge is 1.87. The third-order valence-corrected chi connectivity index (χ3v) is 0.229. The van der Waals surface area contributed by atoms with Crippen LogP contribution in [0.1, 0.15) is 6.92 Å². The van der Waals surface area contributed by atoms with E-state index >= 15 is 0 Å². The zero-order valence-corrected chi connectivity index (χ0v) is 3.88. The molecule has 0 aromatic carbocycles. The Morgan fingerprint density at radius 2 is 2.43 bits per heavy atom. The van der Waals surface area contributed by atoms with Crippen LogP contribution in [0.2, 0.25) is 0 Å². The highest BCUT2D eigenvalue weighted by molar-refractivity contribution is 5.65. The lowest BCUT2D eigenvalue weighted by Gasteiger charge is -1.92. The summed E-state index contributed by atoms with van der Waals surface area (Å²) in [6.07, 6.45) is 0. The number of rotatable bonds is 2. The minimum atomic E-state index is -0.598. The Morgan fingerprint density at radius 1 is 1.86 bits per heavy atom. The molecule has 42 valence electrons. The number of carbonyl (C=O) groups excluding carboxylic acids is 1. The van der Waals surface area contributed by atoms with Gasteiger partial charge in [0.1, 0.15) is 0 Å². The Morgan fingerprint density at radius 3 is 2.57 bits per heavy atom. The van der Waals surface area contributed by atoms with Gasteiger partial charge < -0.3 is 5.11 Å². The van der Waals surface area contributed by atoms with Gasteiger partial charge in [0.15, 0.2) is 6.79 Å². The molecule has 0 fully saturated rings. The van der Waals surface area contributed by atoms with E-state index in [1.807, 2.05) is 0 Å². The van der Waals surface area contributed by atoms with Crippen LogP contribution in [0.3, 0.4) is 0 Å². The lowest BCUT2D eigenvalue weighted by atomic mass is 10.8. The van der Waals surface area contributed by atoms with E-state index in [0.717, 1.165) is 0 Å². The molecular formula is C3H6O4. The maximum Gasteiger partial charge on any atom is 0.339 e. The standard InChI is InChI=1S/C3H6O4/c1-3(5)7-6-2-4/h4H,2H2,1H3. The SMILES string of the molecule is CC(=O)OOCO. The fourth-order valence-electron chi connectivity index (χ4n) is 0.109.